The lowest BCUT2D eigenvalue weighted by Crippen LogP contribution is -2.33. The first-order chi connectivity index (χ1) is 7.84. The van der Waals surface area contributed by atoms with Crippen LogP contribution in [0, 0.1) is 0 Å². The van der Waals surface area contributed by atoms with Crippen LogP contribution in [-0.2, 0) is 11.8 Å². The Bertz CT molecular complexity index is 394. The van der Waals surface area contributed by atoms with Crippen LogP contribution in [0.5, 0.6) is 5.75 Å². The molecule has 16 heavy (non-hydrogen) atoms. The van der Waals surface area contributed by atoms with Crippen molar-refractivity contribution in [3.63, 3.8) is 0 Å². The quantitative estimate of drug-likeness (QED) is 0.779. The second-order valence-electron chi connectivity index (χ2n) is 5.08. The van der Waals surface area contributed by atoms with E-state index in [0.717, 1.165) is 18.8 Å². The lowest BCUT2D eigenvalue weighted by Gasteiger charge is -2.35. The van der Waals surface area contributed by atoms with E-state index in [2.05, 4.69) is 23.5 Å². The summed E-state index contributed by atoms with van der Waals surface area (Å²) < 4.78 is 5.36. The molecule has 3 rings (SSSR count). The second-order valence-corrected chi connectivity index (χ2v) is 5.08. The molecule has 1 aromatic rings. The maximum Gasteiger partial charge on any atom is 0.119 e. The Hall–Kier alpha value is -1.02. The van der Waals surface area contributed by atoms with Crippen molar-refractivity contribution in [2.24, 2.45) is 0 Å². The van der Waals surface area contributed by atoms with E-state index in [4.69, 9.17) is 4.74 Å². The van der Waals surface area contributed by atoms with Gasteiger partial charge in [-0.15, -0.1) is 0 Å². The molecule has 0 saturated carbocycles. The third-order valence-electron chi connectivity index (χ3n) is 4.23. The SMILES string of the molecule is COc1ccc2c(c1)C1(CCC2)CCNC1. The predicted octanol–water partition coefficient (Wildman–Crippen LogP) is 2.26. The third-order valence-corrected chi connectivity index (χ3v) is 4.23. The monoisotopic (exact) mass is 217 g/mol. The average molecular weight is 217 g/mol. The first kappa shape index (κ1) is 10.2. The van der Waals surface area contributed by atoms with Gasteiger partial charge in [-0.3, -0.25) is 0 Å². The molecule has 1 N–H and O–H groups in total. The molecule has 1 atom stereocenters. The summed E-state index contributed by atoms with van der Waals surface area (Å²) in [4.78, 5) is 0. The molecule has 1 saturated heterocycles. The highest BCUT2D eigenvalue weighted by Crippen LogP contribution is 2.42. The van der Waals surface area contributed by atoms with Gasteiger partial charge < -0.3 is 10.1 Å². The molecular formula is C14H19NO. The van der Waals surface area contributed by atoms with E-state index in [-0.39, 0.29) is 0 Å². The lowest BCUT2D eigenvalue weighted by atomic mass is 9.69. The number of benzene rings is 1. The van der Waals surface area contributed by atoms with Crippen molar-refractivity contribution in [3.05, 3.63) is 29.3 Å². The lowest BCUT2D eigenvalue weighted by molar-refractivity contribution is 0.382. The Morgan fingerprint density at radius 3 is 3.00 bits per heavy atom. The van der Waals surface area contributed by atoms with Crippen LogP contribution in [0.4, 0.5) is 0 Å². The van der Waals surface area contributed by atoms with Gasteiger partial charge in [0.1, 0.15) is 5.75 Å². The van der Waals surface area contributed by atoms with Gasteiger partial charge in [-0.25, -0.2) is 0 Å². The van der Waals surface area contributed by atoms with E-state index < -0.39 is 0 Å². The molecule has 86 valence electrons. The zero-order chi connectivity index (χ0) is 11.0. The zero-order valence-corrected chi connectivity index (χ0v) is 9.88. The van der Waals surface area contributed by atoms with Gasteiger partial charge >= 0.3 is 0 Å². The van der Waals surface area contributed by atoms with Crippen LogP contribution in [0.25, 0.3) is 0 Å². The molecule has 1 heterocycles. The Kier molecular flexibility index (Phi) is 2.40. The summed E-state index contributed by atoms with van der Waals surface area (Å²) in [7, 11) is 1.75. The van der Waals surface area contributed by atoms with Crippen LogP contribution in [0.15, 0.2) is 18.2 Å². The van der Waals surface area contributed by atoms with Gasteiger partial charge in [0.05, 0.1) is 7.11 Å². The first-order valence-electron chi connectivity index (χ1n) is 6.22. The van der Waals surface area contributed by atoms with Crippen LogP contribution in [0.2, 0.25) is 0 Å². The Balaban J connectivity index is 2.08. The molecule has 0 radical (unpaired) electrons. The van der Waals surface area contributed by atoms with E-state index >= 15 is 0 Å². The summed E-state index contributed by atoms with van der Waals surface area (Å²) in [5.74, 6) is 1.01. The Morgan fingerprint density at radius 2 is 2.25 bits per heavy atom. The van der Waals surface area contributed by atoms with Gasteiger partial charge in [0.2, 0.25) is 0 Å². The molecule has 0 bridgehead atoms. The molecule has 2 heteroatoms. The number of nitrogens with one attached hydrogen (secondary N) is 1. The highest BCUT2D eigenvalue weighted by molar-refractivity contribution is 5.43. The van der Waals surface area contributed by atoms with Crippen molar-refractivity contribution < 1.29 is 4.74 Å². The highest BCUT2D eigenvalue weighted by Gasteiger charge is 2.39. The number of rotatable bonds is 1. The molecule has 1 aliphatic heterocycles. The normalized spacial score (nSPS) is 28.1. The predicted molar refractivity (Wildman–Crippen MR) is 65.1 cm³/mol. The van der Waals surface area contributed by atoms with Crippen LogP contribution < -0.4 is 10.1 Å². The molecule has 1 fully saturated rings. The van der Waals surface area contributed by atoms with Gasteiger partial charge in [-0.2, -0.15) is 0 Å². The first-order valence-corrected chi connectivity index (χ1v) is 6.22. The van der Waals surface area contributed by atoms with Crippen molar-refractivity contribution in [1.29, 1.82) is 0 Å². The maximum atomic E-state index is 5.36. The summed E-state index contributed by atoms with van der Waals surface area (Å²) >= 11 is 0. The molecule has 2 nitrogen and oxygen atoms in total. The van der Waals surface area contributed by atoms with E-state index in [1.54, 1.807) is 12.7 Å². The standard InChI is InChI=1S/C14H19NO/c1-16-12-5-4-11-3-2-6-14(13(11)9-12)7-8-15-10-14/h4-5,9,15H,2-3,6-8,10H2,1H3. The minimum atomic E-state index is 0.405. The molecule has 1 aliphatic carbocycles. The largest absolute Gasteiger partial charge is 0.497 e. The number of aryl methyl sites for hydroxylation is 1. The van der Waals surface area contributed by atoms with E-state index in [1.807, 2.05) is 0 Å². The Labute approximate surface area is 97.0 Å². The molecular weight excluding hydrogens is 198 g/mol. The smallest absolute Gasteiger partial charge is 0.119 e. The summed E-state index contributed by atoms with van der Waals surface area (Å²) in [5, 5.41) is 3.52. The van der Waals surface area contributed by atoms with Crippen LogP contribution in [0.1, 0.15) is 30.4 Å². The average Bonchev–Trinajstić information content (AvgIpc) is 2.79. The minimum Gasteiger partial charge on any atom is -0.497 e. The topological polar surface area (TPSA) is 21.3 Å². The van der Waals surface area contributed by atoms with Crippen LogP contribution in [-0.4, -0.2) is 20.2 Å². The van der Waals surface area contributed by atoms with Crippen molar-refractivity contribution in [2.45, 2.75) is 31.1 Å². The van der Waals surface area contributed by atoms with Gasteiger partial charge in [0, 0.05) is 12.0 Å². The van der Waals surface area contributed by atoms with Gasteiger partial charge in [-0.05, 0) is 55.5 Å². The Morgan fingerprint density at radius 1 is 1.31 bits per heavy atom. The number of fused-ring (bicyclic) bond motifs is 2. The van der Waals surface area contributed by atoms with E-state index in [1.165, 1.54) is 31.2 Å². The van der Waals surface area contributed by atoms with Gasteiger partial charge in [-0.1, -0.05) is 6.07 Å². The number of hydrogen-bond acceptors (Lipinski definition) is 2. The molecule has 1 spiro atoms. The van der Waals surface area contributed by atoms with Crippen molar-refractivity contribution in [2.75, 3.05) is 20.2 Å². The maximum absolute atomic E-state index is 5.36. The van der Waals surface area contributed by atoms with Crippen molar-refractivity contribution in [3.8, 4) is 5.75 Å². The van der Waals surface area contributed by atoms with Crippen LogP contribution >= 0.6 is 0 Å². The van der Waals surface area contributed by atoms with E-state index in [0.29, 0.717) is 5.41 Å². The second kappa shape index (κ2) is 3.77. The fourth-order valence-corrected chi connectivity index (χ4v) is 3.33. The number of hydrogen-bond donors (Lipinski definition) is 1. The van der Waals surface area contributed by atoms with Crippen LogP contribution in [0.3, 0.4) is 0 Å². The van der Waals surface area contributed by atoms with Gasteiger partial charge in [0.25, 0.3) is 0 Å². The summed E-state index contributed by atoms with van der Waals surface area (Å²) in [5.41, 5.74) is 3.49. The molecule has 1 aromatic carbocycles. The summed E-state index contributed by atoms with van der Waals surface area (Å²) in [6.07, 6.45) is 5.19. The fourth-order valence-electron chi connectivity index (χ4n) is 3.33. The number of methoxy groups -OCH3 is 1. The van der Waals surface area contributed by atoms with Crippen molar-refractivity contribution >= 4 is 0 Å². The minimum absolute atomic E-state index is 0.405. The van der Waals surface area contributed by atoms with E-state index in [9.17, 15) is 0 Å². The third kappa shape index (κ3) is 1.44. The van der Waals surface area contributed by atoms with Gasteiger partial charge in [0.15, 0.2) is 0 Å². The molecule has 1 unspecified atom stereocenters. The highest BCUT2D eigenvalue weighted by atomic mass is 16.5. The molecule has 0 aromatic heterocycles. The van der Waals surface area contributed by atoms with Crippen molar-refractivity contribution in [1.82, 2.24) is 5.32 Å². The molecule has 2 aliphatic rings. The zero-order valence-electron chi connectivity index (χ0n) is 9.88. The fraction of sp³-hybridized carbons (Fsp3) is 0.571. The summed E-state index contributed by atoms with van der Waals surface area (Å²) in [6.45, 7) is 2.31. The number of ether oxygens (including phenoxy) is 1. The molecule has 0 amide bonds. The summed E-state index contributed by atoms with van der Waals surface area (Å²) in [6, 6.07) is 6.62.